The predicted octanol–water partition coefficient (Wildman–Crippen LogP) is 3.21. The summed E-state index contributed by atoms with van der Waals surface area (Å²) in [4.78, 5) is 8.69. The molecule has 0 spiro atoms. The highest BCUT2D eigenvalue weighted by atomic mass is 35.5. The minimum Gasteiger partial charge on any atom is -0.472 e. The highest BCUT2D eigenvalue weighted by Gasteiger charge is 2.27. The first kappa shape index (κ1) is 10.6. The largest absolute Gasteiger partial charge is 0.472 e. The molecule has 1 fully saturated rings. The summed E-state index contributed by atoms with van der Waals surface area (Å²) in [5.74, 6) is 2.13. The number of furan rings is 1. The summed E-state index contributed by atoms with van der Waals surface area (Å²) in [6, 6.07) is 3.66. The number of nitrogens with zero attached hydrogens (tertiary/aromatic N) is 2. The second-order valence-corrected chi connectivity index (χ2v) is 4.58. The average Bonchev–Trinajstić information content (AvgIpc) is 3.04. The topological polar surface area (TPSA) is 51.0 Å². The zero-order valence-electron chi connectivity index (χ0n) is 9.19. The number of aromatic nitrogens is 2. The second-order valence-electron chi connectivity index (χ2n) is 4.19. The maximum absolute atomic E-state index is 5.97. The molecular weight excluding hydrogens is 238 g/mol. The lowest BCUT2D eigenvalue weighted by atomic mass is 10.3. The maximum Gasteiger partial charge on any atom is 0.135 e. The number of rotatable bonds is 4. The molecule has 0 radical (unpaired) electrons. The molecule has 1 aliphatic carbocycles. The van der Waals surface area contributed by atoms with E-state index in [1.54, 1.807) is 18.6 Å². The van der Waals surface area contributed by atoms with Crippen LogP contribution >= 0.6 is 11.6 Å². The molecule has 1 aliphatic rings. The number of anilines is 1. The van der Waals surface area contributed by atoms with Crippen molar-refractivity contribution in [2.45, 2.75) is 25.3 Å². The van der Waals surface area contributed by atoms with E-state index >= 15 is 0 Å². The van der Waals surface area contributed by atoms with Gasteiger partial charge >= 0.3 is 0 Å². The summed E-state index contributed by atoms with van der Waals surface area (Å²) in [6.45, 7) is 0.675. The number of nitrogens with one attached hydrogen (secondary N) is 1. The molecule has 5 heteroatoms. The molecule has 0 amide bonds. The maximum atomic E-state index is 5.97. The average molecular weight is 250 g/mol. The molecule has 0 aromatic carbocycles. The van der Waals surface area contributed by atoms with Gasteiger partial charge < -0.3 is 9.73 Å². The van der Waals surface area contributed by atoms with E-state index < -0.39 is 0 Å². The summed E-state index contributed by atoms with van der Waals surface area (Å²) >= 11 is 5.97. The number of hydrogen-bond acceptors (Lipinski definition) is 4. The number of hydrogen-bond donors (Lipinski definition) is 1. The third-order valence-electron chi connectivity index (χ3n) is 2.71. The summed E-state index contributed by atoms with van der Waals surface area (Å²) in [5, 5.41) is 3.71. The SMILES string of the molecule is Clc1cc(NCc2ccoc2)nc(C2CC2)n1. The van der Waals surface area contributed by atoms with Crippen molar-refractivity contribution in [3.8, 4) is 0 Å². The first-order chi connectivity index (χ1) is 8.31. The molecule has 3 rings (SSSR count). The van der Waals surface area contributed by atoms with E-state index in [1.807, 2.05) is 6.07 Å². The minimum absolute atomic E-state index is 0.497. The van der Waals surface area contributed by atoms with Gasteiger partial charge in [0.25, 0.3) is 0 Å². The van der Waals surface area contributed by atoms with E-state index in [-0.39, 0.29) is 0 Å². The molecule has 4 nitrogen and oxygen atoms in total. The Hall–Kier alpha value is -1.55. The molecular formula is C12H12ClN3O. The minimum atomic E-state index is 0.497. The van der Waals surface area contributed by atoms with Crippen molar-refractivity contribution in [3.63, 3.8) is 0 Å². The van der Waals surface area contributed by atoms with E-state index in [9.17, 15) is 0 Å². The highest BCUT2D eigenvalue weighted by Crippen LogP contribution is 2.38. The molecule has 1 N–H and O–H groups in total. The normalized spacial score (nSPS) is 14.9. The van der Waals surface area contributed by atoms with Crippen LogP contribution < -0.4 is 5.32 Å². The Morgan fingerprint density at radius 1 is 1.41 bits per heavy atom. The van der Waals surface area contributed by atoms with E-state index in [2.05, 4.69) is 15.3 Å². The van der Waals surface area contributed by atoms with E-state index in [0.717, 1.165) is 17.2 Å². The first-order valence-electron chi connectivity index (χ1n) is 5.61. The molecule has 0 atom stereocenters. The van der Waals surface area contributed by atoms with Crippen LogP contribution in [0.1, 0.15) is 30.1 Å². The summed E-state index contributed by atoms with van der Waals surface area (Å²) in [7, 11) is 0. The van der Waals surface area contributed by atoms with E-state index in [1.165, 1.54) is 12.8 Å². The Morgan fingerprint density at radius 2 is 2.29 bits per heavy atom. The lowest BCUT2D eigenvalue weighted by Gasteiger charge is -2.06. The summed E-state index contributed by atoms with van der Waals surface area (Å²) in [6.07, 6.45) is 5.69. The van der Waals surface area contributed by atoms with Crippen LogP contribution in [0.25, 0.3) is 0 Å². The molecule has 0 saturated heterocycles. The first-order valence-corrected chi connectivity index (χ1v) is 5.98. The van der Waals surface area contributed by atoms with Gasteiger partial charge in [-0.25, -0.2) is 9.97 Å². The molecule has 2 aromatic rings. The van der Waals surface area contributed by atoms with Crippen molar-refractivity contribution < 1.29 is 4.42 Å². The zero-order chi connectivity index (χ0) is 11.7. The summed E-state index contributed by atoms with van der Waals surface area (Å²) in [5.41, 5.74) is 1.08. The Kier molecular flexibility index (Phi) is 2.73. The molecule has 2 heterocycles. The van der Waals surface area contributed by atoms with Gasteiger partial charge in [0, 0.05) is 24.1 Å². The molecule has 0 unspecified atom stereocenters. The van der Waals surface area contributed by atoms with Gasteiger partial charge in [0.2, 0.25) is 0 Å². The van der Waals surface area contributed by atoms with Crippen LogP contribution in [-0.2, 0) is 6.54 Å². The van der Waals surface area contributed by atoms with Gasteiger partial charge in [-0.05, 0) is 18.9 Å². The lowest BCUT2D eigenvalue weighted by molar-refractivity contribution is 0.564. The van der Waals surface area contributed by atoms with Gasteiger partial charge in [-0.15, -0.1) is 0 Å². The van der Waals surface area contributed by atoms with Crippen molar-refractivity contribution in [1.82, 2.24) is 9.97 Å². The van der Waals surface area contributed by atoms with Gasteiger partial charge in [-0.2, -0.15) is 0 Å². The van der Waals surface area contributed by atoms with Crippen LogP contribution in [0.2, 0.25) is 5.15 Å². The van der Waals surface area contributed by atoms with Crippen LogP contribution in [0.4, 0.5) is 5.82 Å². The van der Waals surface area contributed by atoms with Gasteiger partial charge in [0.05, 0.1) is 12.5 Å². The summed E-state index contributed by atoms with van der Waals surface area (Å²) < 4.78 is 5.00. The Bertz CT molecular complexity index is 508. The highest BCUT2D eigenvalue weighted by molar-refractivity contribution is 6.29. The van der Waals surface area contributed by atoms with Gasteiger partial charge in [-0.1, -0.05) is 11.6 Å². The van der Waals surface area contributed by atoms with Gasteiger partial charge in [0.1, 0.15) is 16.8 Å². The Balaban J connectivity index is 1.73. The van der Waals surface area contributed by atoms with Crippen LogP contribution in [0.3, 0.4) is 0 Å². The van der Waals surface area contributed by atoms with Gasteiger partial charge in [0.15, 0.2) is 0 Å². The Morgan fingerprint density at radius 3 is 3.00 bits per heavy atom. The molecule has 0 bridgehead atoms. The third kappa shape index (κ3) is 2.58. The van der Waals surface area contributed by atoms with Crippen LogP contribution in [0.15, 0.2) is 29.1 Å². The van der Waals surface area contributed by atoms with Crippen molar-refractivity contribution in [2.24, 2.45) is 0 Å². The third-order valence-corrected chi connectivity index (χ3v) is 2.90. The van der Waals surface area contributed by atoms with E-state index in [0.29, 0.717) is 17.6 Å². The molecule has 88 valence electrons. The lowest BCUT2D eigenvalue weighted by Crippen LogP contribution is -2.03. The van der Waals surface area contributed by atoms with E-state index in [4.69, 9.17) is 16.0 Å². The molecule has 1 saturated carbocycles. The monoisotopic (exact) mass is 249 g/mol. The van der Waals surface area contributed by atoms with Crippen molar-refractivity contribution in [2.75, 3.05) is 5.32 Å². The van der Waals surface area contributed by atoms with Crippen molar-refractivity contribution >= 4 is 17.4 Å². The predicted molar refractivity (Wildman–Crippen MR) is 65.1 cm³/mol. The molecule has 17 heavy (non-hydrogen) atoms. The zero-order valence-corrected chi connectivity index (χ0v) is 9.94. The van der Waals surface area contributed by atoms with Gasteiger partial charge in [-0.3, -0.25) is 0 Å². The standard InChI is InChI=1S/C12H12ClN3O/c13-10-5-11(14-6-8-3-4-17-7-8)16-12(15-10)9-1-2-9/h3-5,7,9H,1-2,6H2,(H,14,15,16). The quantitative estimate of drug-likeness (QED) is 0.846. The Labute approximate surface area is 104 Å². The van der Waals surface area contributed by atoms with Crippen molar-refractivity contribution in [1.29, 1.82) is 0 Å². The molecule has 0 aliphatic heterocycles. The van der Waals surface area contributed by atoms with Crippen LogP contribution in [-0.4, -0.2) is 9.97 Å². The molecule has 2 aromatic heterocycles. The fourth-order valence-corrected chi connectivity index (χ4v) is 1.83. The van der Waals surface area contributed by atoms with Crippen LogP contribution in [0, 0.1) is 0 Å². The fourth-order valence-electron chi connectivity index (χ4n) is 1.64. The van der Waals surface area contributed by atoms with Crippen LogP contribution in [0.5, 0.6) is 0 Å². The van der Waals surface area contributed by atoms with Crippen molar-refractivity contribution in [3.05, 3.63) is 41.2 Å². The second kappa shape index (κ2) is 4.37. The smallest absolute Gasteiger partial charge is 0.135 e. The number of halogens is 1. The fraction of sp³-hybridized carbons (Fsp3) is 0.333.